The molecular weight excluding hydrogens is 541 g/mol. The van der Waals surface area contributed by atoms with Crippen molar-refractivity contribution in [2.75, 3.05) is 4.90 Å². The van der Waals surface area contributed by atoms with E-state index in [1.165, 1.54) is 61.6 Å². The molecule has 5 aromatic rings. The lowest BCUT2D eigenvalue weighted by Crippen LogP contribution is -2.43. The van der Waals surface area contributed by atoms with E-state index in [1.807, 2.05) is 0 Å². The summed E-state index contributed by atoms with van der Waals surface area (Å²) in [6.07, 6.45) is 6.08. The number of benzene rings is 5. The van der Waals surface area contributed by atoms with Crippen LogP contribution in [0, 0.1) is 11.7 Å². The van der Waals surface area contributed by atoms with Crippen molar-refractivity contribution in [1.29, 1.82) is 0 Å². The van der Waals surface area contributed by atoms with Crippen LogP contribution in [0.1, 0.15) is 52.9 Å². The summed E-state index contributed by atoms with van der Waals surface area (Å²) in [7, 11) is 0. The Balaban J connectivity index is 1.31. The highest BCUT2D eigenvalue weighted by atomic mass is 19.1. The van der Waals surface area contributed by atoms with E-state index in [2.05, 4.69) is 122 Å². The minimum Gasteiger partial charge on any atom is -0.363 e. The van der Waals surface area contributed by atoms with Crippen LogP contribution in [0.4, 0.5) is 10.1 Å². The second kappa shape index (κ2) is 11.4. The fourth-order valence-electron chi connectivity index (χ4n) is 7.03. The molecule has 0 aliphatic heterocycles. The van der Waals surface area contributed by atoms with Crippen molar-refractivity contribution < 1.29 is 9.18 Å². The molecule has 0 heterocycles. The van der Waals surface area contributed by atoms with Gasteiger partial charge in [0, 0.05) is 30.3 Å². The van der Waals surface area contributed by atoms with Crippen molar-refractivity contribution in [1.82, 2.24) is 0 Å². The molecule has 0 aromatic heterocycles. The van der Waals surface area contributed by atoms with E-state index in [0.717, 1.165) is 25.9 Å². The van der Waals surface area contributed by atoms with Gasteiger partial charge in [-0.1, -0.05) is 105 Å². The first-order valence-electron chi connectivity index (χ1n) is 15.5. The van der Waals surface area contributed by atoms with Gasteiger partial charge in [0.05, 0.1) is 0 Å². The summed E-state index contributed by atoms with van der Waals surface area (Å²) in [4.78, 5) is 16.1. The van der Waals surface area contributed by atoms with Crippen LogP contribution in [0.25, 0.3) is 23.3 Å². The van der Waals surface area contributed by atoms with E-state index in [-0.39, 0.29) is 22.9 Å². The third-order valence-corrected chi connectivity index (χ3v) is 9.29. The second-order valence-electron chi connectivity index (χ2n) is 12.8. The van der Waals surface area contributed by atoms with E-state index in [1.54, 1.807) is 12.1 Å². The van der Waals surface area contributed by atoms with Gasteiger partial charge in [0.1, 0.15) is 5.82 Å². The molecule has 5 aromatic carbocycles. The smallest absolute Gasteiger partial charge is 0.169 e. The second-order valence-corrected chi connectivity index (χ2v) is 12.8. The summed E-state index contributed by atoms with van der Waals surface area (Å²) in [5.41, 5.74) is 9.20. The summed E-state index contributed by atoms with van der Waals surface area (Å²) in [5.74, 6) is -0.534. The summed E-state index contributed by atoms with van der Waals surface area (Å²) in [5, 5.41) is 2.38. The predicted octanol–water partition coefficient (Wildman–Crippen LogP) is 8.00. The lowest BCUT2D eigenvalue weighted by molar-refractivity contribution is 0.0933. The zero-order valence-electron chi connectivity index (χ0n) is 25.3. The normalized spacial score (nSPS) is 16.0. The van der Waals surface area contributed by atoms with Gasteiger partial charge in [-0.3, -0.25) is 4.79 Å². The Morgan fingerprint density at radius 3 is 2.09 bits per heavy atom. The van der Waals surface area contributed by atoms with E-state index in [4.69, 9.17) is 0 Å². The topological polar surface area (TPSA) is 20.3 Å². The van der Waals surface area contributed by atoms with Gasteiger partial charge in [-0.2, -0.15) is 0 Å². The molecule has 0 fully saturated rings. The van der Waals surface area contributed by atoms with Gasteiger partial charge < -0.3 is 4.90 Å². The minimum atomic E-state index is -0.326. The molecule has 0 saturated heterocycles. The molecule has 44 heavy (non-hydrogen) atoms. The van der Waals surface area contributed by atoms with Crippen LogP contribution < -0.4 is 15.3 Å². The Labute approximate surface area is 258 Å². The van der Waals surface area contributed by atoms with E-state index in [9.17, 15) is 9.18 Å². The van der Waals surface area contributed by atoms with Gasteiger partial charge in [-0.15, -0.1) is 0 Å². The molecule has 0 spiro atoms. The largest absolute Gasteiger partial charge is 0.363 e. The SMILES string of the molecule is CC1(C)CC(C(=O)c2ccc(F)cc2)C=c2c1ccc1c2=CCc2ccc(N(Cc3ccccc3)Cc3ccccc3)cc2-1. The average Bonchev–Trinajstić information content (AvgIpc) is 3.04. The van der Waals surface area contributed by atoms with Gasteiger partial charge in [0.15, 0.2) is 5.78 Å². The molecule has 1 atom stereocenters. The van der Waals surface area contributed by atoms with Gasteiger partial charge >= 0.3 is 0 Å². The highest BCUT2D eigenvalue weighted by Gasteiger charge is 2.34. The fourth-order valence-corrected chi connectivity index (χ4v) is 7.03. The third-order valence-electron chi connectivity index (χ3n) is 9.29. The number of hydrogen-bond donors (Lipinski definition) is 0. The number of halogens is 1. The molecule has 1 unspecified atom stereocenters. The quantitative estimate of drug-likeness (QED) is 0.183. The van der Waals surface area contributed by atoms with Crippen LogP contribution in [-0.2, 0) is 24.9 Å². The molecule has 2 aliphatic rings. The number of anilines is 1. The first-order valence-corrected chi connectivity index (χ1v) is 15.5. The first kappa shape index (κ1) is 28.0. The van der Waals surface area contributed by atoms with Crippen molar-refractivity contribution in [2.45, 2.75) is 45.2 Å². The zero-order valence-corrected chi connectivity index (χ0v) is 25.3. The van der Waals surface area contributed by atoms with Crippen molar-refractivity contribution in [3.63, 3.8) is 0 Å². The summed E-state index contributed by atoms with van der Waals surface area (Å²) >= 11 is 0. The maximum Gasteiger partial charge on any atom is 0.169 e. The number of fused-ring (bicyclic) bond motifs is 5. The molecule has 218 valence electrons. The van der Waals surface area contributed by atoms with Gasteiger partial charge in [-0.05, 0) is 98.5 Å². The van der Waals surface area contributed by atoms with Crippen LogP contribution in [0.5, 0.6) is 0 Å². The number of rotatable bonds is 7. The molecular formula is C41H36FNO. The lowest BCUT2D eigenvalue weighted by atomic mass is 9.69. The lowest BCUT2D eigenvalue weighted by Gasteiger charge is -2.34. The molecule has 2 aliphatic carbocycles. The molecule has 0 N–H and O–H groups in total. The Morgan fingerprint density at radius 1 is 0.773 bits per heavy atom. The third kappa shape index (κ3) is 5.39. The number of ketones is 1. The Kier molecular flexibility index (Phi) is 7.26. The molecule has 2 nitrogen and oxygen atoms in total. The maximum atomic E-state index is 13.6. The van der Waals surface area contributed by atoms with E-state index < -0.39 is 0 Å². The van der Waals surface area contributed by atoms with Gasteiger partial charge in [0.2, 0.25) is 0 Å². The Morgan fingerprint density at radius 2 is 1.43 bits per heavy atom. The Bertz CT molecular complexity index is 1920. The highest BCUT2D eigenvalue weighted by Crippen LogP contribution is 2.36. The van der Waals surface area contributed by atoms with Crippen LogP contribution in [0.3, 0.4) is 0 Å². The number of hydrogen-bond acceptors (Lipinski definition) is 2. The van der Waals surface area contributed by atoms with Crippen LogP contribution >= 0.6 is 0 Å². The molecule has 0 radical (unpaired) electrons. The van der Waals surface area contributed by atoms with Crippen LogP contribution in [0.2, 0.25) is 0 Å². The zero-order chi connectivity index (χ0) is 30.3. The summed E-state index contributed by atoms with van der Waals surface area (Å²) in [6.45, 7) is 6.09. The minimum absolute atomic E-state index is 0.0530. The van der Waals surface area contributed by atoms with Gasteiger partial charge in [0.25, 0.3) is 0 Å². The monoisotopic (exact) mass is 577 g/mol. The molecule has 3 heteroatoms. The molecule has 0 amide bonds. The maximum absolute atomic E-state index is 13.6. The Hall–Kier alpha value is -4.76. The first-order chi connectivity index (χ1) is 21.4. The number of carbonyl (C=O) groups excluding carboxylic acids is 1. The average molecular weight is 578 g/mol. The predicted molar refractivity (Wildman–Crippen MR) is 178 cm³/mol. The number of nitrogens with zero attached hydrogens (tertiary/aromatic N) is 1. The molecule has 7 rings (SSSR count). The van der Waals surface area contributed by atoms with E-state index >= 15 is 0 Å². The number of Topliss-reactive ketones (excluding diaryl/α,β-unsaturated/α-hetero) is 1. The van der Waals surface area contributed by atoms with Crippen LogP contribution in [-0.4, -0.2) is 5.78 Å². The molecule has 0 bridgehead atoms. The van der Waals surface area contributed by atoms with Crippen molar-refractivity contribution in [3.8, 4) is 11.1 Å². The van der Waals surface area contributed by atoms with Crippen LogP contribution in [0.15, 0.2) is 115 Å². The standard InChI is InChI=1S/C41H36FNO/c1-41(2)25-32(40(44)31-13-17-33(42)18-14-31)23-38-36-20-16-30-15-19-34(24-37(30)35(36)21-22-39(38)41)43(26-28-9-5-3-6-10-28)27-29-11-7-4-8-12-29/h3-15,17-24,32H,16,25-27H2,1-2H3. The van der Waals surface area contributed by atoms with Gasteiger partial charge in [-0.25, -0.2) is 4.39 Å². The highest BCUT2D eigenvalue weighted by molar-refractivity contribution is 6.01. The summed E-state index contributed by atoms with van der Waals surface area (Å²) in [6, 6.07) is 38.7. The van der Waals surface area contributed by atoms with Crippen molar-refractivity contribution in [3.05, 3.63) is 159 Å². The molecule has 0 saturated carbocycles. The fraction of sp³-hybridized carbons (Fsp3) is 0.195. The van der Waals surface area contributed by atoms with Crippen molar-refractivity contribution in [2.24, 2.45) is 5.92 Å². The summed E-state index contributed by atoms with van der Waals surface area (Å²) < 4.78 is 13.6. The van der Waals surface area contributed by atoms with E-state index in [0.29, 0.717) is 5.56 Å². The number of carbonyl (C=O) groups is 1. The van der Waals surface area contributed by atoms with Crippen molar-refractivity contribution >= 4 is 23.6 Å².